The maximum absolute atomic E-state index is 14.0. The summed E-state index contributed by atoms with van der Waals surface area (Å²) in [7, 11) is -4.21. The summed E-state index contributed by atoms with van der Waals surface area (Å²) >= 11 is 1.48. The Balaban J connectivity index is 1.60. The topological polar surface area (TPSA) is 109 Å². The number of amides is 2. The van der Waals surface area contributed by atoms with Crippen LogP contribution in [-0.4, -0.2) is 62.3 Å². The monoisotopic (exact) mass is 483 g/mol. The average molecular weight is 484 g/mol. The van der Waals surface area contributed by atoms with Gasteiger partial charge in [-0.15, -0.1) is 0 Å². The number of thioether (sulfide) groups is 1. The van der Waals surface area contributed by atoms with Crippen molar-refractivity contribution in [2.24, 2.45) is 0 Å². The van der Waals surface area contributed by atoms with E-state index in [-0.39, 0.29) is 18.4 Å². The number of likely N-dealkylation sites (tertiary alicyclic amines) is 1. The minimum atomic E-state index is -4.21. The number of carbonyl (C=O) groups excluding carboxylic acids is 2. The molecular weight excluding hydrogens is 457 g/mol. The van der Waals surface area contributed by atoms with Crippen LogP contribution in [0.3, 0.4) is 0 Å². The number of halogens is 1. The lowest BCUT2D eigenvalue weighted by Crippen LogP contribution is -2.52. The third-order valence-electron chi connectivity index (χ3n) is 5.25. The van der Waals surface area contributed by atoms with Gasteiger partial charge in [-0.25, -0.2) is 12.8 Å². The number of piperidine rings is 1. The number of rotatable bonds is 9. The zero-order chi connectivity index (χ0) is 23.1. The third-order valence-corrected chi connectivity index (χ3v) is 7.40. The summed E-state index contributed by atoms with van der Waals surface area (Å²) in [5.41, 5.74) is 0.479. The second-order valence-electron chi connectivity index (χ2n) is 7.47. The molecule has 32 heavy (non-hydrogen) atoms. The molecule has 2 amide bonds. The van der Waals surface area contributed by atoms with Gasteiger partial charge in [0.05, 0.1) is 11.8 Å². The number of hydrogen-bond acceptors (Lipinski definition) is 6. The molecule has 0 bridgehead atoms. The van der Waals surface area contributed by atoms with Crippen molar-refractivity contribution < 1.29 is 26.8 Å². The van der Waals surface area contributed by atoms with Crippen LogP contribution in [0.15, 0.2) is 52.2 Å². The van der Waals surface area contributed by atoms with Gasteiger partial charge in [-0.3, -0.25) is 9.59 Å². The van der Waals surface area contributed by atoms with Crippen LogP contribution >= 0.6 is 11.8 Å². The van der Waals surface area contributed by atoms with E-state index in [0.29, 0.717) is 37.2 Å². The maximum atomic E-state index is 14.0. The van der Waals surface area contributed by atoms with E-state index in [9.17, 15) is 22.4 Å². The molecule has 1 aromatic heterocycles. The molecule has 1 unspecified atom stereocenters. The molecule has 0 aliphatic carbocycles. The fourth-order valence-corrected chi connectivity index (χ4v) is 5.27. The minimum absolute atomic E-state index is 0.126. The number of sulfonamides is 1. The molecule has 3 rings (SSSR count). The molecule has 0 saturated carbocycles. The van der Waals surface area contributed by atoms with E-state index in [2.05, 4.69) is 10.0 Å². The summed E-state index contributed by atoms with van der Waals surface area (Å²) in [6.45, 7) is 0.927. The van der Waals surface area contributed by atoms with E-state index in [4.69, 9.17) is 4.42 Å². The van der Waals surface area contributed by atoms with Crippen molar-refractivity contribution in [2.75, 3.05) is 25.1 Å². The number of carbonyl (C=O) groups is 2. The van der Waals surface area contributed by atoms with Crippen molar-refractivity contribution in [3.63, 3.8) is 0 Å². The summed E-state index contributed by atoms with van der Waals surface area (Å²) in [6, 6.07) is 5.43. The zero-order valence-corrected chi connectivity index (χ0v) is 19.3. The fourth-order valence-electron chi connectivity index (χ4n) is 3.49. The molecule has 1 aliphatic rings. The van der Waals surface area contributed by atoms with Crippen LogP contribution in [0.2, 0.25) is 0 Å². The SMILES string of the molecule is CSCCC(NS(=O)(=O)c1ccccc1F)C(=O)NC1CCN(C(=O)c2ccoc2)CC1. The predicted molar refractivity (Wildman–Crippen MR) is 119 cm³/mol. The molecule has 0 spiro atoms. The first-order valence-electron chi connectivity index (χ1n) is 10.2. The van der Waals surface area contributed by atoms with E-state index in [1.54, 1.807) is 11.0 Å². The standard InChI is InChI=1S/C21H26FN3O5S2/c1-31-13-9-18(24-32(28,29)19-5-3-2-4-17(19)22)20(26)23-16-6-10-25(11-7-16)21(27)15-8-12-30-14-15/h2-5,8,12,14,16,18,24H,6-7,9-11,13H2,1H3,(H,23,26). The van der Waals surface area contributed by atoms with Gasteiger partial charge in [0.25, 0.3) is 5.91 Å². The smallest absolute Gasteiger partial charge is 0.257 e. The molecule has 2 N–H and O–H groups in total. The molecule has 174 valence electrons. The van der Waals surface area contributed by atoms with Gasteiger partial charge >= 0.3 is 0 Å². The van der Waals surface area contributed by atoms with Gasteiger partial charge in [0.1, 0.15) is 23.0 Å². The van der Waals surface area contributed by atoms with Gasteiger partial charge in [0, 0.05) is 19.1 Å². The van der Waals surface area contributed by atoms with Gasteiger partial charge in [-0.2, -0.15) is 16.5 Å². The van der Waals surface area contributed by atoms with Gasteiger partial charge in [-0.1, -0.05) is 12.1 Å². The molecule has 8 nitrogen and oxygen atoms in total. The highest BCUT2D eigenvalue weighted by Crippen LogP contribution is 2.17. The van der Waals surface area contributed by atoms with E-state index >= 15 is 0 Å². The number of benzene rings is 1. The highest BCUT2D eigenvalue weighted by atomic mass is 32.2. The Morgan fingerprint density at radius 1 is 1.25 bits per heavy atom. The van der Waals surface area contributed by atoms with Gasteiger partial charge in [0.2, 0.25) is 15.9 Å². The summed E-state index contributed by atoms with van der Waals surface area (Å²) in [5.74, 6) is -0.911. The highest BCUT2D eigenvalue weighted by Gasteiger charge is 2.30. The van der Waals surface area contributed by atoms with E-state index in [1.807, 2.05) is 6.26 Å². The van der Waals surface area contributed by atoms with Crippen molar-refractivity contribution >= 4 is 33.6 Å². The number of nitrogens with zero attached hydrogens (tertiary/aromatic N) is 1. The molecule has 1 atom stereocenters. The molecule has 2 aromatic rings. The molecular formula is C21H26FN3O5S2. The van der Waals surface area contributed by atoms with E-state index < -0.39 is 32.7 Å². The van der Waals surface area contributed by atoms with Crippen molar-refractivity contribution in [3.8, 4) is 0 Å². The van der Waals surface area contributed by atoms with Crippen LogP contribution in [0.1, 0.15) is 29.6 Å². The lowest BCUT2D eigenvalue weighted by molar-refractivity contribution is -0.123. The predicted octanol–water partition coefficient (Wildman–Crippen LogP) is 2.24. The first kappa shape index (κ1) is 24.3. The number of furan rings is 1. The first-order valence-corrected chi connectivity index (χ1v) is 13.1. The van der Waals surface area contributed by atoms with Crippen LogP contribution in [0.25, 0.3) is 0 Å². The van der Waals surface area contributed by atoms with Gasteiger partial charge in [0.15, 0.2) is 0 Å². The van der Waals surface area contributed by atoms with Crippen LogP contribution in [0.4, 0.5) is 4.39 Å². The Morgan fingerprint density at radius 3 is 2.59 bits per heavy atom. The van der Waals surface area contributed by atoms with Crippen LogP contribution in [0, 0.1) is 5.82 Å². The summed E-state index contributed by atoms with van der Waals surface area (Å²) in [5, 5.41) is 2.89. The summed E-state index contributed by atoms with van der Waals surface area (Å²) in [4.78, 5) is 26.5. The summed E-state index contributed by atoms with van der Waals surface area (Å²) < 4.78 is 46.6. The zero-order valence-electron chi connectivity index (χ0n) is 17.6. The number of nitrogens with one attached hydrogen (secondary N) is 2. The Labute approximate surface area is 191 Å². The van der Waals surface area contributed by atoms with Gasteiger partial charge < -0.3 is 14.6 Å². The Morgan fingerprint density at radius 2 is 1.97 bits per heavy atom. The Kier molecular flexibility index (Phi) is 8.32. The van der Waals surface area contributed by atoms with E-state index in [1.165, 1.54) is 36.4 Å². The molecule has 1 fully saturated rings. The van der Waals surface area contributed by atoms with Crippen LogP contribution < -0.4 is 10.0 Å². The van der Waals surface area contributed by atoms with Crippen LogP contribution in [-0.2, 0) is 14.8 Å². The quantitative estimate of drug-likeness (QED) is 0.566. The molecule has 11 heteroatoms. The maximum Gasteiger partial charge on any atom is 0.257 e. The molecule has 1 aromatic carbocycles. The largest absolute Gasteiger partial charge is 0.472 e. The lowest BCUT2D eigenvalue weighted by Gasteiger charge is -2.33. The number of hydrogen-bond donors (Lipinski definition) is 2. The van der Waals surface area contributed by atoms with Crippen molar-refractivity contribution in [2.45, 2.75) is 36.2 Å². The summed E-state index contributed by atoms with van der Waals surface area (Å²) in [6.07, 6.45) is 6.05. The van der Waals surface area contributed by atoms with Gasteiger partial charge in [-0.05, 0) is 49.5 Å². The molecule has 2 heterocycles. The van der Waals surface area contributed by atoms with Crippen molar-refractivity contribution in [1.29, 1.82) is 0 Å². The molecule has 1 saturated heterocycles. The Bertz CT molecular complexity index is 1020. The second-order valence-corrected chi connectivity index (χ2v) is 10.1. The fraction of sp³-hybridized carbons (Fsp3) is 0.429. The van der Waals surface area contributed by atoms with Crippen molar-refractivity contribution in [1.82, 2.24) is 14.9 Å². The second kappa shape index (κ2) is 11.0. The normalized spacial score (nSPS) is 16.0. The average Bonchev–Trinajstić information content (AvgIpc) is 3.31. The van der Waals surface area contributed by atoms with Crippen molar-refractivity contribution in [3.05, 3.63) is 54.2 Å². The van der Waals surface area contributed by atoms with Crippen LogP contribution in [0.5, 0.6) is 0 Å². The molecule has 0 radical (unpaired) electrons. The van der Waals surface area contributed by atoms with E-state index in [0.717, 1.165) is 12.1 Å². The minimum Gasteiger partial charge on any atom is -0.472 e. The molecule has 1 aliphatic heterocycles. The lowest BCUT2D eigenvalue weighted by atomic mass is 10.0. The third kappa shape index (κ3) is 6.11. The first-order chi connectivity index (χ1) is 15.3. The Hall–Kier alpha value is -2.37. The highest BCUT2D eigenvalue weighted by molar-refractivity contribution is 7.98.